The third-order valence-corrected chi connectivity index (χ3v) is 2.98. The summed E-state index contributed by atoms with van der Waals surface area (Å²) in [5, 5.41) is 2.49. The number of thiol groups is 1. The summed E-state index contributed by atoms with van der Waals surface area (Å²) in [5.41, 5.74) is 3.67. The topological polar surface area (TPSA) is 0 Å². The Labute approximate surface area is 112 Å². The van der Waals surface area contributed by atoms with Crippen LogP contribution in [0.1, 0.15) is 16.7 Å². The van der Waals surface area contributed by atoms with Crippen LogP contribution in [0.4, 0.5) is 0 Å². The van der Waals surface area contributed by atoms with Crippen LogP contribution in [0.5, 0.6) is 0 Å². The van der Waals surface area contributed by atoms with Crippen LogP contribution in [0.2, 0.25) is 5.02 Å². The summed E-state index contributed by atoms with van der Waals surface area (Å²) in [6.07, 6.45) is 2.87. The second-order valence-corrected chi connectivity index (χ2v) is 4.56. The van der Waals surface area contributed by atoms with Crippen LogP contribution in [0, 0.1) is 0 Å². The largest absolute Gasteiger partial charge is 0.151 e. The summed E-state index contributed by atoms with van der Waals surface area (Å²) in [5.74, 6) is 0. The third-order valence-electron chi connectivity index (χ3n) is 2.60. The van der Waals surface area contributed by atoms with Crippen molar-refractivity contribution in [2.24, 2.45) is 0 Å². The molecule has 2 heteroatoms. The molecule has 0 saturated heterocycles. The molecule has 0 bridgehead atoms. The zero-order valence-electron chi connectivity index (χ0n) is 9.31. The van der Waals surface area contributed by atoms with Gasteiger partial charge in [-0.3, -0.25) is 0 Å². The van der Waals surface area contributed by atoms with Gasteiger partial charge < -0.3 is 0 Å². The lowest BCUT2D eigenvalue weighted by molar-refractivity contribution is 1.19. The fourth-order valence-corrected chi connectivity index (χ4v) is 2.12. The summed E-state index contributed by atoms with van der Waals surface area (Å²) in [6, 6.07) is 16.4. The molecule has 0 aliphatic carbocycles. The number of rotatable bonds is 3. The van der Waals surface area contributed by atoms with Gasteiger partial charge in [-0.1, -0.05) is 48.0 Å². The van der Waals surface area contributed by atoms with Gasteiger partial charge in [-0.25, -0.2) is 0 Å². The van der Waals surface area contributed by atoms with Gasteiger partial charge in [0.2, 0.25) is 0 Å². The lowest BCUT2D eigenvalue weighted by atomic mass is 10.00. The Bertz CT molecular complexity index is 518. The van der Waals surface area contributed by atoms with Gasteiger partial charge in [0, 0.05) is 5.02 Å². The summed E-state index contributed by atoms with van der Waals surface area (Å²) in [6.45, 7) is 0. The van der Waals surface area contributed by atoms with Gasteiger partial charge in [0.05, 0.1) is 0 Å². The summed E-state index contributed by atoms with van der Waals surface area (Å²) >= 11 is 10.1. The Hall–Kier alpha value is -1.18. The lowest BCUT2D eigenvalue weighted by Gasteiger charge is -2.07. The van der Waals surface area contributed by atoms with Crippen molar-refractivity contribution in [2.75, 3.05) is 0 Å². The molecule has 0 N–H and O–H groups in total. The SMILES string of the molecule is S/C=C\c1cc(Cl)ccc1Cc1ccccc1. The van der Waals surface area contributed by atoms with Gasteiger partial charge in [0.15, 0.2) is 0 Å². The van der Waals surface area contributed by atoms with E-state index in [0.717, 1.165) is 17.0 Å². The number of halogens is 1. The van der Waals surface area contributed by atoms with E-state index in [1.54, 1.807) is 5.41 Å². The summed E-state index contributed by atoms with van der Waals surface area (Å²) < 4.78 is 0. The molecule has 0 spiro atoms. The minimum atomic E-state index is 0.753. The highest BCUT2D eigenvalue weighted by atomic mass is 35.5. The van der Waals surface area contributed by atoms with Crippen molar-refractivity contribution >= 4 is 30.3 Å². The molecule has 2 aromatic rings. The van der Waals surface area contributed by atoms with Crippen molar-refractivity contribution in [2.45, 2.75) is 6.42 Å². The first-order chi connectivity index (χ1) is 8.29. The molecule has 0 aliphatic rings. The maximum absolute atomic E-state index is 6.00. The van der Waals surface area contributed by atoms with Gasteiger partial charge >= 0.3 is 0 Å². The fourth-order valence-electron chi connectivity index (χ4n) is 1.78. The van der Waals surface area contributed by atoms with Gasteiger partial charge in [0.25, 0.3) is 0 Å². The van der Waals surface area contributed by atoms with Crippen molar-refractivity contribution in [1.29, 1.82) is 0 Å². The Kier molecular flexibility index (Phi) is 4.29. The van der Waals surface area contributed by atoms with Gasteiger partial charge in [-0.2, -0.15) is 12.6 Å². The van der Waals surface area contributed by atoms with Crippen molar-refractivity contribution in [3.05, 3.63) is 75.7 Å². The molecule has 0 fully saturated rings. The van der Waals surface area contributed by atoms with E-state index >= 15 is 0 Å². The zero-order valence-corrected chi connectivity index (χ0v) is 11.0. The molecule has 0 unspecified atom stereocenters. The molecule has 0 heterocycles. The third kappa shape index (κ3) is 3.39. The summed E-state index contributed by atoms with van der Waals surface area (Å²) in [4.78, 5) is 0. The highest BCUT2D eigenvalue weighted by Gasteiger charge is 2.02. The predicted octanol–water partition coefficient (Wildman–Crippen LogP) is 4.83. The number of hydrogen-bond donors (Lipinski definition) is 1. The van der Waals surface area contributed by atoms with Crippen LogP contribution in [-0.4, -0.2) is 0 Å². The van der Waals surface area contributed by atoms with Crippen LogP contribution in [-0.2, 0) is 6.42 Å². The van der Waals surface area contributed by atoms with Crippen molar-refractivity contribution < 1.29 is 0 Å². The minimum absolute atomic E-state index is 0.753. The molecule has 0 amide bonds. The Balaban J connectivity index is 2.32. The first kappa shape index (κ1) is 12.3. The average molecular weight is 261 g/mol. The molecule has 86 valence electrons. The number of benzene rings is 2. The molecule has 0 aromatic heterocycles. The smallest absolute Gasteiger partial charge is 0.0412 e. The highest BCUT2D eigenvalue weighted by molar-refractivity contribution is 7.83. The molecular formula is C15H13ClS. The molecule has 0 atom stereocenters. The van der Waals surface area contributed by atoms with Crippen LogP contribution in [0.3, 0.4) is 0 Å². The normalized spacial score (nSPS) is 10.9. The Morgan fingerprint density at radius 3 is 2.53 bits per heavy atom. The standard InChI is InChI=1S/C15H13ClS/c16-15-7-6-13(14(11-15)8-9-17)10-12-4-2-1-3-5-12/h1-9,11,17H,10H2/b9-8-. The second-order valence-electron chi connectivity index (χ2n) is 3.82. The molecule has 0 saturated carbocycles. The van der Waals surface area contributed by atoms with E-state index in [1.165, 1.54) is 11.1 Å². The Morgan fingerprint density at radius 2 is 1.82 bits per heavy atom. The van der Waals surface area contributed by atoms with E-state index in [2.05, 4.69) is 43.0 Å². The zero-order chi connectivity index (χ0) is 12.1. The molecule has 17 heavy (non-hydrogen) atoms. The molecular weight excluding hydrogens is 248 g/mol. The van der Waals surface area contributed by atoms with E-state index in [4.69, 9.17) is 11.6 Å². The van der Waals surface area contributed by atoms with Crippen LogP contribution in [0.25, 0.3) is 6.08 Å². The van der Waals surface area contributed by atoms with E-state index < -0.39 is 0 Å². The second kappa shape index (κ2) is 5.95. The first-order valence-electron chi connectivity index (χ1n) is 5.43. The van der Waals surface area contributed by atoms with Crippen LogP contribution < -0.4 is 0 Å². The highest BCUT2D eigenvalue weighted by Crippen LogP contribution is 2.20. The molecule has 2 rings (SSSR count). The molecule has 0 aliphatic heterocycles. The predicted molar refractivity (Wildman–Crippen MR) is 78.7 cm³/mol. The average Bonchev–Trinajstić information content (AvgIpc) is 2.34. The van der Waals surface area contributed by atoms with Crippen LogP contribution >= 0.6 is 24.2 Å². The van der Waals surface area contributed by atoms with Gasteiger partial charge in [-0.05, 0) is 46.7 Å². The van der Waals surface area contributed by atoms with Crippen LogP contribution in [0.15, 0.2) is 53.9 Å². The quantitative estimate of drug-likeness (QED) is 0.751. The Morgan fingerprint density at radius 1 is 1.06 bits per heavy atom. The van der Waals surface area contributed by atoms with E-state index in [-0.39, 0.29) is 0 Å². The van der Waals surface area contributed by atoms with Crippen molar-refractivity contribution in [1.82, 2.24) is 0 Å². The van der Waals surface area contributed by atoms with E-state index in [1.807, 2.05) is 24.3 Å². The lowest BCUT2D eigenvalue weighted by Crippen LogP contribution is -1.91. The van der Waals surface area contributed by atoms with Crippen molar-refractivity contribution in [3.63, 3.8) is 0 Å². The minimum Gasteiger partial charge on any atom is -0.151 e. The molecule has 0 nitrogen and oxygen atoms in total. The van der Waals surface area contributed by atoms with Gasteiger partial charge in [0.1, 0.15) is 0 Å². The fraction of sp³-hybridized carbons (Fsp3) is 0.0667. The van der Waals surface area contributed by atoms with E-state index in [0.29, 0.717) is 0 Å². The monoisotopic (exact) mass is 260 g/mol. The number of hydrogen-bond acceptors (Lipinski definition) is 1. The van der Waals surface area contributed by atoms with Crippen molar-refractivity contribution in [3.8, 4) is 0 Å². The maximum atomic E-state index is 6.00. The molecule has 0 radical (unpaired) electrons. The first-order valence-corrected chi connectivity index (χ1v) is 6.32. The summed E-state index contributed by atoms with van der Waals surface area (Å²) in [7, 11) is 0. The van der Waals surface area contributed by atoms with E-state index in [9.17, 15) is 0 Å². The van der Waals surface area contributed by atoms with Gasteiger partial charge in [-0.15, -0.1) is 0 Å². The maximum Gasteiger partial charge on any atom is 0.0412 e. The molecule has 2 aromatic carbocycles.